The van der Waals surface area contributed by atoms with Gasteiger partial charge in [-0.25, -0.2) is 0 Å². The van der Waals surface area contributed by atoms with Gasteiger partial charge in [-0.15, -0.1) is 0 Å². The van der Waals surface area contributed by atoms with Crippen LogP contribution in [-0.2, 0) is 4.74 Å². The molecule has 7 heteroatoms. The van der Waals surface area contributed by atoms with E-state index in [1.807, 2.05) is 24.3 Å². The van der Waals surface area contributed by atoms with Gasteiger partial charge in [0.15, 0.2) is 0 Å². The molecule has 1 fully saturated rings. The predicted octanol–water partition coefficient (Wildman–Crippen LogP) is 3.16. The summed E-state index contributed by atoms with van der Waals surface area (Å²) in [5.41, 5.74) is 10.5. The van der Waals surface area contributed by atoms with E-state index in [-0.39, 0.29) is 0 Å². The number of azide groups is 1. The predicted molar refractivity (Wildman–Crippen MR) is 89.4 cm³/mol. The van der Waals surface area contributed by atoms with Crippen LogP contribution < -0.4 is 4.90 Å². The molecule has 0 spiro atoms. The second-order valence-corrected chi connectivity index (χ2v) is 6.03. The highest BCUT2D eigenvalue weighted by Gasteiger charge is 2.25. The lowest BCUT2D eigenvalue weighted by Gasteiger charge is -2.23. The van der Waals surface area contributed by atoms with Crippen LogP contribution in [0.1, 0.15) is 18.1 Å². The molecule has 1 aliphatic heterocycles. The highest BCUT2D eigenvalue weighted by molar-refractivity contribution is 5.49. The topological polar surface area (TPSA) is 64.5 Å². The molecule has 23 heavy (non-hydrogen) atoms. The Balaban J connectivity index is 2.11. The third-order valence-corrected chi connectivity index (χ3v) is 4.44. The van der Waals surface area contributed by atoms with Crippen molar-refractivity contribution in [3.05, 3.63) is 40.3 Å². The molecule has 126 valence electrons. The summed E-state index contributed by atoms with van der Waals surface area (Å²) in [5.74, 6) is 0. The number of ether oxygens (including phenoxy) is 1. The van der Waals surface area contributed by atoms with Gasteiger partial charge in [-0.1, -0.05) is 17.2 Å². The molecule has 0 saturated carbocycles. The summed E-state index contributed by atoms with van der Waals surface area (Å²) in [6.45, 7) is 1.29. The number of benzene rings is 1. The van der Waals surface area contributed by atoms with Crippen LogP contribution >= 0.6 is 0 Å². The molecular formula is C16H24FN5O. The van der Waals surface area contributed by atoms with Gasteiger partial charge in [0.25, 0.3) is 0 Å². The number of nitrogens with zero attached hydrogens (tertiary/aromatic N) is 5. The van der Waals surface area contributed by atoms with Gasteiger partial charge in [-0.2, -0.15) is 0 Å². The fraction of sp³-hybridized carbons (Fsp3) is 0.625. The number of halogens is 1. The van der Waals surface area contributed by atoms with Gasteiger partial charge >= 0.3 is 0 Å². The minimum Gasteiger partial charge on any atom is -0.376 e. The lowest BCUT2D eigenvalue weighted by atomic mass is 10.0. The van der Waals surface area contributed by atoms with Gasteiger partial charge < -0.3 is 14.5 Å². The van der Waals surface area contributed by atoms with Crippen LogP contribution in [0.2, 0.25) is 0 Å². The highest BCUT2D eigenvalue weighted by atomic mass is 19.1. The average Bonchev–Trinajstić information content (AvgIpc) is 3.05. The zero-order valence-corrected chi connectivity index (χ0v) is 13.9. The highest BCUT2D eigenvalue weighted by Crippen LogP contribution is 2.28. The SMILES string of the molecule is CO[C@H](c1ccc(N2CC[C@@H](N(C)C)C2)cc1)[C@@H](CF)N=[N+]=[N-]. The van der Waals surface area contributed by atoms with Crippen molar-refractivity contribution in [1.29, 1.82) is 0 Å². The smallest absolute Gasteiger partial charge is 0.101 e. The zero-order chi connectivity index (χ0) is 16.8. The van der Waals surface area contributed by atoms with E-state index >= 15 is 0 Å². The number of hydrogen-bond donors (Lipinski definition) is 0. The second kappa shape index (κ2) is 8.15. The van der Waals surface area contributed by atoms with Gasteiger partial charge in [-0.3, -0.25) is 4.39 Å². The van der Waals surface area contributed by atoms with Gasteiger partial charge in [0.05, 0.1) is 12.1 Å². The van der Waals surface area contributed by atoms with E-state index < -0.39 is 18.8 Å². The zero-order valence-electron chi connectivity index (χ0n) is 13.9. The van der Waals surface area contributed by atoms with Crippen LogP contribution in [0.15, 0.2) is 29.4 Å². The van der Waals surface area contributed by atoms with Crippen LogP contribution in [0.25, 0.3) is 10.4 Å². The Morgan fingerprint density at radius 3 is 2.61 bits per heavy atom. The van der Waals surface area contributed by atoms with Crippen LogP contribution in [0.5, 0.6) is 0 Å². The summed E-state index contributed by atoms with van der Waals surface area (Å²) < 4.78 is 18.4. The van der Waals surface area contributed by atoms with E-state index in [0.717, 1.165) is 30.8 Å². The molecule has 0 amide bonds. The molecule has 0 N–H and O–H groups in total. The van der Waals surface area contributed by atoms with Crippen LogP contribution in [0.3, 0.4) is 0 Å². The molecule has 1 heterocycles. The summed E-state index contributed by atoms with van der Waals surface area (Å²) in [6, 6.07) is 7.60. The molecule has 0 unspecified atom stereocenters. The van der Waals surface area contributed by atoms with E-state index in [4.69, 9.17) is 10.3 Å². The fourth-order valence-corrected chi connectivity index (χ4v) is 3.03. The Bertz CT molecular complexity index is 544. The monoisotopic (exact) mass is 321 g/mol. The first-order chi connectivity index (χ1) is 11.1. The molecule has 0 radical (unpaired) electrons. The summed E-state index contributed by atoms with van der Waals surface area (Å²) in [4.78, 5) is 7.29. The molecule has 3 atom stereocenters. The molecule has 6 nitrogen and oxygen atoms in total. The first-order valence-corrected chi connectivity index (χ1v) is 7.75. The maximum absolute atomic E-state index is 13.1. The Kier molecular flexibility index (Phi) is 6.21. The van der Waals surface area contributed by atoms with Crippen LogP contribution in [-0.4, -0.2) is 58.0 Å². The van der Waals surface area contributed by atoms with Crippen molar-refractivity contribution in [3.8, 4) is 0 Å². The summed E-state index contributed by atoms with van der Waals surface area (Å²) >= 11 is 0. The number of alkyl halides is 1. The minimum absolute atomic E-state index is 0.571. The van der Waals surface area contributed by atoms with Crippen molar-refractivity contribution in [3.63, 3.8) is 0 Å². The first kappa shape index (κ1) is 17.5. The van der Waals surface area contributed by atoms with Crippen molar-refractivity contribution >= 4 is 5.69 Å². The molecule has 1 saturated heterocycles. The molecule has 0 bridgehead atoms. The van der Waals surface area contributed by atoms with Gasteiger partial charge in [-0.05, 0) is 43.7 Å². The lowest BCUT2D eigenvalue weighted by molar-refractivity contribution is 0.0722. The largest absolute Gasteiger partial charge is 0.376 e. The van der Waals surface area contributed by atoms with E-state index in [0.29, 0.717) is 6.04 Å². The molecular weight excluding hydrogens is 297 g/mol. The van der Waals surface area contributed by atoms with Crippen molar-refractivity contribution in [2.24, 2.45) is 5.11 Å². The van der Waals surface area contributed by atoms with Gasteiger partial charge in [0.2, 0.25) is 0 Å². The van der Waals surface area contributed by atoms with Crippen molar-refractivity contribution in [2.75, 3.05) is 45.9 Å². The van der Waals surface area contributed by atoms with Crippen molar-refractivity contribution in [2.45, 2.75) is 24.6 Å². The van der Waals surface area contributed by atoms with Gasteiger partial charge in [0.1, 0.15) is 6.67 Å². The summed E-state index contributed by atoms with van der Waals surface area (Å²) in [7, 11) is 5.71. The molecule has 0 aromatic heterocycles. The lowest BCUT2D eigenvalue weighted by Crippen LogP contribution is -2.31. The van der Waals surface area contributed by atoms with Gasteiger partial charge in [0, 0.05) is 36.8 Å². The van der Waals surface area contributed by atoms with E-state index in [9.17, 15) is 4.39 Å². The summed E-state index contributed by atoms with van der Waals surface area (Å²) in [5, 5.41) is 3.48. The normalized spacial score (nSPS) is 20.4. The van der Waals surface area contributed by atoms with E-state index in [2.05, 4.69) is 33.9 Å². The quantitative estimate of drug-likeness (QED) is 0.440. The number of rotatable bonds is 7. The standard InChI is InChI=1S/C16H24FN5O/c1-21(2)14-8-9-22(11-14)13-6-4-12(5-7-13)16(23-3)15(10-17)19-20-18/h4-7,14-16H,8-11H2,1-3H3/t14-,15-,16-/m1/s1. The molecule has 0 aliphatic carbocycles. The second-order valence-electron chi connectivity index (χ2n) is 6.03. The van der Waals surface area contributed by atoms with E-state index in [1.165, 1.54) is 7.11 Å². The average molecular weight is 321 g/mol. The Hall–Kier alpha value is -1.82. The Morgan fingerprint density at radius 2 is 2.13 bits per heavy atom. The van der Waals surface area contributed by atoms with E-state index in [1.54, 1.807) is 0 Å². The molecule has 2 rings (SSSR count). The number of likely N-dealkylation sites (N-methyl/N-ethyl adjacent to an activating group) is 1. The minimum atomic E-state index is -0.847. The maximum atomic E-state index is 13.1. The Morgan fingerprint density at radius 1 is 1.43 bits per heavy atom. The maximum Gasteiger partial charge on any atom is 0.101 e. The van der Waals surface area contributed by atoms with Crippen LogP contribution in [0.4, 0.5) is 10.1 Å². The fourth-order valence-electron chi connectivity index (χ4n) is 3.03. The Labute approximate surface area is 136 Å². The third kappa shape index (κ3) is 4.13. The van der Waals surface area contributed by atoms with Crippen LogP contribution in [0, 0.1) is 0 Å². The van der Waals surface area contributed by atoms with Crippen molar-refractivity contribution in [1.82, 2.24) is 4.90 Å². The number of anilines is 1. The van der Waals surface area contributed by atoms with Crippen molar-refractivity contribution < 1.29 is 9.13 Å². The number of methoxy groups -OCH3 is 1. The molecule has 1 aliphatic rings. The molecule has 1 aromatic carbocycles. The molecule has 1 aromatic rings. The first-order valence-electron chi connectivity index (χ1n) is 7.75. The summed E-state index contributed by atoms with van der Waals surface area (Å²) in [6.07, 6.45) is 0.578. The number of hydrogen-bond acceptors (Lipinski definition) is 4. The third-order valence-electron chi connectivity index (χ3n) is 4.44.